The van der Waals surface area contributed by atoms with Gasteiger partial charge in [-0.1, -0.05) is 0 Å². The molecule has 0 radical (unpaired) electrons. The zero-order chi connectivity index (χ0) is 19.4. The minimum atomic E-state index is -0.768. The van der Waals surface area contributed by atoms with Crippen molar-refractivity contribution in [3.05, 3.63) is 22.5 Å². The second-order valence-corrected chi connectivity index (χ2v) is 7.56. The maximum atomic E-state index is 12.4. The van der Waals surface area contributed by atoms with Crippen LogP contribution in [0.3, 0.4) is 0 Å². The number of nitrogens with one attached hydrogen (secondary N) is 1. The molecule has 3 aliphatic rings. The minimum absolute atomic E-state index is 0.107. The molecule has 4 atom stereocenters. The second kappa shape index (κ2) is 6.56. The zero-order valence-electron chi connectivity index (χ0n) is 16.3. The number of ether oxygens (including phenoxy) is 4. The summed E-state index contributed by atoms with van der Waals surface area (Å²) in [5.74, 6) is -1.51. The van der Waals surface area contributed by atoms with Crippen molar-refractivity contribution in [2.75, 3.05) is 7.11 Å². The molecule has 0 aromatic carbocycles. The number of fused-ring (bicyclic) bond motifs is 1. The van der Waals surface area contributed by atoms with E-state index >= 15 is 0 Å². The van der Waals surface area contributed by atoms with Crippen LogP contribution in [0.5, 0.6) is 0 Å². The Labute approximate surface area is 153 Å². The van der Waals surface area contributed by atoms with Gasteiger partial charge in [0.15, 0.2) is 23.6 Å². The summed E-state index contributed by atoms with van der Waals surface area (Å²) in [6.07, 6.45) is -2.04. The average molecular weight is 365 g/mol. The number of hydrogen-bond donors (Lipinski definition) is 1. The van der Waals surface area contributed by atoms with E-state index in [4.69, 9.17) is 18.9 Å². The Morgan fingerprint density at radius 2 is 1.54 bits per heavy atom. The van der Waals surface area contributed by atoms with Gasteiger partial charge in [0.05, 0.1) is 0 Å². The maximum absolute atomic E-state index is 12.4. The van der Waals surface area contributed by atoms with Crippen molar-refractivity contribution >= 4 is 11.6 Å². The highest BCUT2D eigenvalue weighted by molar-refractivity contribution is 6.02. The molecule has 1 unspecified atom stereocenters. The highest BCUT2D eigenvalue weighted by Gasteiger charge is 2.58. The van der Waals surface area contributed by atoms with E-state index in [0.717, 1.165) is 11.4 Å². The van der Waals surface area contributed by atoms with Crippen molar-refractivity contribution in [2.24, 2.45) is 5.92 Å². The Morgan fingerprint density at radius 3 is 2.00 bits per heavy atom. The van der Waals surface area contributed by atoms with Crippen LogP contribution in [-0.4, -0.2) is 49.1 Å². The molecule has 144 valence electrons. The van der Waals surface area contributed by atoms with Gasteiger partial charge in [0.25, 0.3) is 0 Å². The molecule has 1 N–H and O–H groups in total. The van der Waals surface area contributed by atoms with E-state index in [1.807, 2.05) is 27.7 Å². The number of methoxy groups -OCH3 is 1. The summed E-state index contributed by atoms with van der Waals surface area (Å²) in [6.45, 7) is 10.3. The summed E-state index contributed by atoms with van der Waals surface area (Å²) in [6, 6.07) is 0. The molecule has 0 spiro atoms. The van der Waals surface area contributed by atoms with Crippen LogP contribution < -0.4 is 5.32 Å². The molecule has 7 heteroatoms. The third kappa shape index (κ3) is 3.03. The monoisotopic (exact) mass is 365 g/mol. The molecule has 0 bridgehead atoms. The first-order valence-corrected chi connectivity index (χ1v) is 8.81. The summed E-state index contributed by atoms with van der Waals surface area (Å²) in [4.78, 5) is 24.8. The van der Waals surface area contributed by atoms with Crippen LogP contribution in [-0.2, 0) is 28.5 Å². The van der Waals surface area contributed by atoms with Crippen molar-refractivity contribution in [3.8, 4) is 0 Å². The van der Waals surface area contributed by atoms with Gasteiger partial charge >= 0.3 is 0 Å². The third-order valence-electron chi connectivity index (χ3n) is 5.19. The van der Waals surface area contributed by atoms with E-state index in [2.05, 4.69) is 5.32 Å². The fourth-order valence-electron chi connectivity index (χ4n) is 4.36. The smallest absolute Gasteiger partial charge is 0.190 e. The molecule has 2 saturated heterocycles. The zero-order valence-corrected chi connectivity index (χ0v) is 16.3. The molecule has 0 aliphatic carbocycles. The number of hydrogen-bond acceptors (Lipinski definition) is 7. The Balaban J connectivity index is 2.05. The Kier molecular flexibility index (Phi) is 4.85. The summed E-state index contributed by atoms with van der Waals surface area (Å²) in [5, 5.41) is 3.15. The average Bonchev–Trinajstić information content (AvgIpc) is 2.96. The van der Waals surface area contributed by atoms with E-state index in [1.165, 1.54) is 13.8 Å². The quantitative estimate of drug-likeness (QED) is 0.814. The molecule has 3 rings (SSSR count). The summed E-state index contributed by atoms with van der Waals surface area (Å²) in [7, 11) is 1.58. The molecule has 3 heterocycles. The largest absolute Gasteiger partial charge is 0.376 e. The lowest BCUT2D eigenvalue weighted by Crippen LogP contribution is -2.45. The van der Waals surface area contributed by atoms with E-state index in [9.17, 15) is 9.59 Å². The van der Waals surface area contributed by atoms with Crippen LogP contribution in [0.2, 0.25) is 0 Å². The van der Waals surface area contributed by atoms with Gasteiger partial charge in [-0.25, -0.2) is 0 Å². The molecule has 7 nitrogen and oxygen atoms in total. The normalized spacial score (nSPS) is 34.1. The standard InChI is InChI=1S/C19H27NO6/c1-8-12(10(3)21)14(13(11(4)22)9(2)20-8)15-16(23-7)17-18(24-15)26-19(5,6)25-17/h14-18,20H,1-7H3/t15?,16-,17+,18+/m1/s1. The number of rotatable bonds is 4. The number of dihydropyridines is 1. The van der Waals surface area contributed by atoms with Gasteiger partial charge in [-0.3, -0.25) is 9.59 Å². The Morgan fingerprint density at radius 1 is 1.00 bits per heavy atom. The molecule has 26 heavy (non-hydrogen) atoms. The van der Waals surface area contributed by atoms with Crippen molar-refractivity contribution in [2.45, 2.75) is 71.9 Å². The van der Waals surface area contributed by atoms with Crippen LogP contribution >= 0.6 is 0 Å². The van der Waals surface area contributed by atoms with Crippen LogP contribution in [0.1, 0.15) is 41.5 Å². The van der Waals surface area contributed by atoms with Crippen molar-refractivity contribution in [1.82, 2.24) is 5.32 Å². The van der Waals surface area contributed by atoms with Crippen molar-refractivity contribution in [1.29, 1.82) is 0 Å². The number of carbonyl (C=O) groups is 2. The molecule has 0 aromatic heterocycles. The highest BCUT2D eigenvalue weighted by Crippen LogP contribution is 2.45. The van der Waals surface area contributed by atoms with Crippen LogP contribution in [0, 0.1) is 5.92 Å². The molecular formula is C19H27NO6. The fraction of sp³-hybridized carbons (Fsp3) is 0.684. The van der Waals surface area contributed by atoms with E-state index in [-0.39, 0.29) is 11.6 Å². The highest BCUT2D eigenvalue weighted by atomic mass is 16.8. The first kappa shape index (κ1) is 19.2. The summed E-state index contributed by atoms with van der Waals surface area (Å²) < 4.78 is 23.6. The van der Waals surface area contributed by atoms with Gasteiger partial charge in [-0.2, -0.15) is 0 Å². The second-order valence-electron chi connectivity index (χ2n) is 7.56. The lowest BCUT2D eigenvalue weighted by atomic mass is 9.77. The molecule has 0 saturated carbocycles. The fourth-order valence-corrected chi connectivity index (χ4v) is 4.36. The van der Waals surface area contributed by atoms with Crippen LogP contribution in [0.15, 0.2) is 22.5 Å². The van der Waals surface area contributed by atoms with E-state index in [0.29, 0.717) is 11.1 Å². The maximum Gasteiger partial charge on any atom is 0.190 e. The van der Waals surface area contributed by atoms with Crippen LogP contribution in [0.4, 0.5) is 0 Å². The first-order chi connectivity index (χ1) is 12.1. The van der Waals surface area contributed by atoms with E-state index in [1.54, 1.807) is 7.11 Å². The van der Waals surface area contributed by atoms with Gasteiger partial charge in [-0.15, -0.1) is 0 Å². The van der Waals surface area contributed by atoms with Gasteiger partial charge in [0, 0.05) is 35.6 Å². The molecule has 0 aromatic rings. The van der Waals surface area contributed by atoms with Gasteiger partial charge < -0.3 is 24.3 Å². The van der Waals surface area contributed by atoms with Gasteiger partial charge in [0.1, 0.15) is 18.3 Å². The molecule has 3 aliphatic heterocycles. The number of Topliss-reactive ketones (excluding diaryl/α,β-unsaturated/α-hetero) is 2. The van der Waals surface area contributed by atoms with Crippen molar-refractivity contribution in [3.63, 3.8) is 0 Å². The number of carbonyl (C=O) groups excluding carboxylic acids is 2. The predicted octanol–water partition coefficient (Wildman–Crippen LogP) is 1.82. The van der Waals surface area contributed by atoms with Gasteiger partial charge in [0.2, 0.25) is 0 Å². The predicted molar refractivity (Wildman–Crippen MR) is 92.9 cm³/mol. The topological polar surface area (TPSA) is 83.1 Å². The Hall–Kier alpha value is -1.54. The Bertz CT molecular complexity index is 671. The first-order valence-electron chi connectivity index (χ1n) is 8.81. The molecular weight excluding hydrogens is 338 g/mol. The van der Waals surface area contributed by atoms with Gasteiger partial charge in [-0.05, 0) is 41.5 Å². The summed E-state index contributed by atoms with van der Waals surface area (Å²) in [5.41, 5.74) is 2.52. The third-order valence-corrected chi connectivity index (χ3v) is 5.19. The molecule has 0 amide bonds. The molecule has 2 fully saturated rings. The number of allylic oxidation sites excluding steroid dienone is 2. The number of ketones is 2. The van der Waals surface area contributed by atoms with Crippen LogP contribution in [0.25, 0.3) is 0 Å². The van der Waals surface area contributed by atoms with E-state index < -0.39 is 36.3 Å². The summed E-state index contributed by atoms with van der Waals surface area (Å²) >= 11 is 0. The SMILES string of the molecule is CO[C@@H]1C(C2C(C(C)=O)=C(C)NC(C)=C2C(C)=O)O[C@H]2OC(C)(C)O[C@H]21. The lowest BCUT2D eigenvalue weighted by molar-refractivity contribution is -0.220. The van der Waals surface area contributed by atoms with Crippen molar-refractivity contribution < 1.29 is 28.5 Å². The minimum Gasteiger partial charge on any atom is -0.376 e. The lowest BCUT2D eigenvalue weighted by Gasteiger charge is -2.36.